The smallest absolute Gasteiger partial charge is 0.162 e. The second-order valence-electron chi connectivity index (χ2n) is 4.32. The highest BCUT2D eigenvalue weighted by molar-refractivity contribution is 7.99. The van der Waals surface area contributed by atoms with Crippen LogP contribution in [0.15, 0.2) is 52.3 Å². The number of hydrogen-bond acceptors (Lipinski definition) is 4. The Morgan fingerprint density at radius 2 is 1.80 bits per heavy atom. The van der Waals surface area contributed by atoms with E-state index in [2.05, 4.69) is 0 Å². The molecule has 20 heavy (non-hydrogen) atoms. The molecular formula is C15H14N2O2S. The fourth-order valence-corrected chi connectivity index (χ4v) is 2.98. The average molecular weight is 286 g/mol. The first kappa shape index (κ1) is 12.9. The number of rotatable bonds is 3. The molecule has 1 aliphatic rings. The molecule has 0 fully saturated rings. The maximum atomic E-state index is 7.61. The van der Waals surface area contributed by atoms with Crippen LogP contribution in [0.2, 0.25) is 0 Å². The molecule has 2 aromatic carbocycles. The summed E-state index contributed by atoms with van der Waals surface area (Å²) in [6.07, 6.45) is 0. The lowest BCUT2D eigenvalue weighted by Gasteiger charge is -2.18. The standard InChI is InChI=1S/C15H14N2O2S/c16-15(17)11-3-1-2-4-14(11)20-10-5-6-12-13(9-10)19-8-7-18-12/h1-6,9H,7-8H2,(H3,16,17). The molecule has 1 heterocycles. The van der Waals surface area contributed by atoms with Crippen LogP contribution in [0.25, 0.3) is 0 Å². The number of amidine groups is 1. The molecule has 0 spiro atoms. The van der Waals surface area contributed by atoms with Crippen LogP contribution in [0.5, 0.6) is 11.5 Å². The Kier molecular flexibility index (Phi) is 3.52. The second-order valence-corrected chi connectivity index (χ2v) is 5.43. The molecule has 0 amide bonds. The van der Waals surface area contributed by atoms with Gasteiger partial charge in [-0.25, -0.2) is 0 Å². The quantitative estimate of drug-likeness (QED) is 0.672. The summed E-state index contributed by atoms with van der Waals surface area (Å²) in [6, 6.07) is 13.5. The van der Waals surface area contributed by atoms with E-state index in [0.717, 1.165) is 26.9 Å². The van der Waals surface area contributed by atoms with Gasteiger partial charge in [0.2, 0.25) is 0 Å². The van der Waals surface area contributed by atoms with Crippen LogP contribution in [0, 0.1) is 5.41 Å². The minimum Gasteiger partial charge on any atom is -0.486 e. The van der Waals surface area contributed by atoms with Gasteiger partial charge >= 0.3 is 0 Å². The van der Waals surface area contributed by atoms with Crippen molar-refractivity contribution in [3.05, 3.63) is 48.0 Å². The van der Waals surface area contributed by atoms with Gasteiger partial charge in [-0.1, -0.05) is 30.0 Å². The molecule has 0 atom stereocenters. The zero-order chi connectivity index (χ0) is 13.9. The lowest BCUT2D eigenvalue weighted by molar-refractivity contribution is 0.171. The van der Waals surface area contributed by atoms with Gasteiger partial charge in [-0.3, -0.25) is 5.41 Å². The molecule has 0 unspecified atom stereocenters. The van der Waals surface area contributed by atoms with E-state index in [0.29, 0.717) is 13.2 Å². The lowest BCUT2D eigenvalue weighted by Crippen LogP contribution is -2.15. The van der Waals surface area contributed by atoms with Crippen molar-refractivity contribution in [2.24, 2.45) is 5.73 Å². The maximum Gasteiger partial charge on any atom is 0.162 e. The molecule has 1 aliphatic heterocycles. The second kappa shape index (κ2) is 5.46. The Balaban J connectivity index is 1.90. The van der Waals surface area contributed by atoms with Crippen molar-refractivity contribution in [2.45, 2.75) is 9.79 Å². The van der Waals surface area contributed by atoms with Gasteiger partial charge in [-0.15, -0.1) is 0 Å². The van der Waals surface area contributed by atoms with E-state index in [4.69, 9.17) is 20.6 Å². The summed E-state index contributed by atoms with van der Waals surface area (Å²) in [5.74, 6) is 1.62. The van der Waals surface area contributed by atoms with Crippen LogP contribution in [0.4, 0.5) is 0 Å². The van der Waals surface area contributed by atoms with Gasteiger partial charge in [0, 0.05) is 15.4 Å². The van der Waals surface area contributed by atoms with Crippen LogP contribution in [0.1, 0.15) is 5.56 Å². The molecule has 0 aliphatic carbocycles. The summed E-state index contributed by atoms with van der Waals surface area (Å²) < 4.78 is 11.1. The summed E-state index contributed by atoms with van der Waals surface area (Å²) in [5.41, 5.74) is 6.35. The van der Waals surface area contributed by atoms with Gasteiger partial charge in [0.25, 0.3) is 0 Å². The molecule has 0 saturated carbocycles. The Hall–Kier alpha value is -2.14. The van der Waals surface area contributed by atoms with Crippen LogP contribution in [-0.2, 0) is 0 Å². The van der Waals surface area contributed by atoms with Gasteiger partial charge < -0.3 is 15.2 Å². The summed E-state index contributed by atoms with van der Waals surface area (Å²) in [5, 5.41) is 7.61. The Bertz CT molecular complexity index is 658. The van der Waals surface area contributed by atoms with E-state index in [1.807, 2.05) is 42.5 Å². The first-order chi connectivity index (χ1) is 9.74. The van der Waals surface area contributed by atoms with Crippen molar-refractivity contribution < 1.29 is 9.47 Å². The van der Waals surface area contributed by atoms with Gasteiger partial charge in [-0.2, -0.15) is 0 Å². The van der Waals surface area contributed by atoms with Crippen LogP contribution < -0.4 is 15.2 Å². The number of nitrogens with two attached hydrogens (primary N) is 1. The Morgan fingerprint density at radius 1 is 1.05 bits per heavy atom. The summed E-state index contributed by atoms with van der Waals surface area (Å²) >= 11 is 1.56. The van der Waals surface area contributed by atoms with Crippen molar-refractivity contribution in [2.75, 3.05) is 13.2 Å². The van der Waals surface area contributed by atoms with Gasteiger partial charge in [0.05, 0.1) is 0 Å². The molecule has 5 heteroatoms. The molecule has 102 valence electrons. The van der Waals surface area contributed by atoms with Gasteiger partial charge in [-0.05, 0) is 24.3 Å². The number of nitrogens with one attached hydrogen (secondary N) is 1. The SMILES string of the molecule is N=C(N)c1ccccc1Sc1ccc2c(c1)OCCO2. The third-order valence-electron chi connectivity index (χ3n) is 2.92. The summed E-state index contributed by atoms with van der Waals surface area (Å²) in [6.45, 7) is 1.16. The fraction of sp³-hybridized carbons (Fsp3) is 0.133. The minimum absolute atomic E-state index is 0.0747. The third-order valence-corrected chi connectivity index (χ3v) is 3.98. The molecular weight excluding hydrogens is 272 g/mol. The fourth-order valence-electron chi connectivity index (χ4n) is 1.99. The molecule has 3 N–H and O–H groups in total. The maximum absolute atomic E-state index is 7.61. The minimum atomic E-state index is 0.0747. The van der Waals surface area contributed by atoms with Crippen LogP contribution >= 0.6 is 11.8 Å². The van der Waals surface area contributed by atoms with E-state index in [-0.39, 0.29) is 5.84 Å². The van der Waals surface area contributed by atoms with Crippen molar-refractivity contribution in [1.82, 2.24) is 0 Å². The molecule has 3 rings (SSSR count). The van der Waals surface area contributed by atoms with E-state index in [1.54, 1.807) is 11.8 Å². The van der Waals surface area contributed by atoms with Gasteiger partial charge in [0.1, 0.15) is 19.0 Å². The molecule has 4 nitrogen and oxygen atoms in total. The van der Waals surface area contributed by atoms with Crippen molar-refractivity contribution in [1.29, 1.82) is 5.41 Å². The van der Waals surface area contributed by atoms with E-state index in [1.165, 1.54) is 0 Å². The number of fused-ring (bicyclic) bond motifs is 1. The first-order valence-corrected chi connectivity index (χ1v) is 7.06. The van der Waals surface area contributed by atoms with Crippen molar-refractivity contribution in [3.8, 4) is 11.5 Å². The predicted molar refractivity (Wildman–Crippen MR) is 79.0 cm³/mol. The highest BCUT2D eigenvalue weighted by atomic mass is 32.2. The van der Waals surface area contributed by atoms with Crippen LogP contribution in [0.3, 0.4) is 0 Å². The van der Waals surface area contributed by atoms with Gasteiger partial charge in [0.15, 0.2) is 11.5 Å². The van der Waals surface area contributed by atoms with Crippen LogP contribution in [-0.4, -0.2) is 19.0 Å². The van der Waals surface area contributed by atoms with Crippen molar-refractivity contribution >= 4 is 17.6 Å². The highest BCUT2D eigenvalue weighted by Gasteiger charge is 2.13. The zero-order valence-electron chi connectivity index (χ0n) is 10.8. The lowest BCUT2D eigenvalue weighted by atomic mass is 10.2. The molecule has 2 aromatic rings. The largest absolute Gasteiger partial charge is 0.486 e. The average Bonchev–Trinajstić information content (AvgIpc) is 2.47. The highest BCUT2D eigenvalue weighted by Crippen LogP contribution is 2.37. The van der Waals surface area contributed by atoms with E-state index in [9.17, 15) is 0 Å². The Morgan fingerprint density at radius 3 is 2.60 bits per heavy atom. The Labute approximate surface area is 121 Å². The summed E-state index contributed by atoms with van der Waals surface area (Å²) in [4.78, 5) is 1.99. The first-order valence-electron chi connectivity index (χ1n) is 6.25. The normalized spacial score (nSPS) is 13.0. The molecule has 0 bridgehead atoms. The number of nitrogen functional groups attached to an aromatic ring is 1. The number of ether oxygens (including phenoxy) is 2. The monoisotopic (exact) mass is 286 g/mol. The molecule has 0 aromatic heterocycles. The predicted octanol–water partition coefficient (Wildman–Crippen LogP) is 2.89. The van der Waals surface area contributed by atoms with E-state index < -0.39 is 0 Å². The van der Waals surface area contributed by atoms with Crippen molar-refractivity contribution in [3.63, 3.8) is 0 Å². The third kappa shape index (κ3) is 2.58. The molecule has 0 radical (unpaired) electrons. The topological polar surface area (TPSA) is 68.3 Å². The summed E-state index contributed by atoms with van der Waals surface area (Å²) in [7, 11) is 0. The van der Waals surface area contributed by atoms with E-state index >= 15 is 0 Å². The molecule has 0 saturated heterocycles. The number of hydrogen-bond donors (Lipinski definition) is 2. The zero-order valence-corrected chi connectivity index (χ0v) is 11.6. The number of benzene rings is 2.